The fraction of sp³-hybridized carbons (Fsp3) is 0.174. The third-order valence-corrected chi connectivity index (χ3v) is 6.77. The number of para-hydroxylation sites is 1. The van der Waals surface area contributed by atoms with Crippen molar-refractivity contribution in [2.45, 2.75) is 11.4 Å². The second kappa shape index (κ2) is 9.19. The van der Waals surface area contributed by atoms with E-state index in [4.69, 9.17) is 9.47 Å². The highest BCUT2D eigenvalue weighted by molar-refractivity contribution is 7.92. The molecule has 0 aromatic heterocycles. The van der Waals surface area contributed by atoms with Crippen LogP contribution < -0.4 is 24.4 Å². The van der Waals surface area contributed by atoms with Crippen molar-refractivity contribution in [2.24, 2.45) is 0 Å². The van der Waals surface area contributed by atoms with Crippen molar-refractivity contribution in [3.63, 3.8) is 0 Å². The van der Waals surface area contributed by atoms with Crippen LogP contribution in [0.3, 0.4) is 0 Å². The largest absolute Gasteiger partial charge is 0.454 e. The monoisotopic (exact) mass is 453 g/mol. The highest BCUT2D eigenvalue weighted by atomic mass is 32.2. The number of nitrogens with zero attached hydrogens (tertiary/aromatic N) is 1. The predicted molar refractivity (Wildman–Crippen MR) is 121 cm³/mol. The number of nitrogens with one attached hydrogen (secondary N) is 2. The SMILES string of the molecule is CN(c1ccccc1)S(=O)(=O)c1cccc(NCC(=O)NCc2ccc3c(c2)OCO3)c1. The summed E-state index contributed by atoms with van der Waals surface area (Å²) in [5.74, 6) is 1.13. The van der Waals surface area contributed by atoms with Gasteiger partial charge in [0.05, 0.1) is 17.1 Å². The summed E-state index contributed by atoms with van der Waals surface area (Å²) < 4.78 is 37.8. The first kappa shape index (κ1) is 21.5. The minimum absolute atomic E-state index is 0.00256. The van der Waals surface area contributed by atoms with Gasteiger partial charge in [0.2, 0.25) is 12.7 Å². The zero-order valence-electron chi connectivity index (χ0n) is 17.4. The zero-order chi connectivity index (χ0) is 22.6. The van der Waals surface area contributed by atoms with E-state index in [-0.39, 0.29) is 24.1 Å². The summed E-state index contributed by atoms with van der Waals surface area (Å²) in [6.07, 6.45) is 0. The first-order valence-electron chi connectivity index (χ1n) is 9.96. The molecule has 0 atom stereocenters. The molecule has 1 aliphatic heterocycles. The van der Waals surface area contributed by atoms with Crippen LogP contribution in [0.1, 0.15) is 5.56 Å². The van der Waals surface area contributed by atoms with Crippen LogP contribution in [-0.4, -0.2) is 34.7 Å². The van der Waals surface area contributed by atoms with Crippen LogP contribution in [0.4, 0.5) is 11.4 Å². The third-order valence-electron chi connectivity index (χ3n) is 4.99. The Balaban J connectivity index is 1.35. The lowest BCUT2D eigenvalue weighted by atomic mass is 10.2. The minimum atomic E-state index is -3.73. The van der Waals surface area contributed by atoms with E-state index in [9.17, 15) is 13.2 Å². The summed E-state index contributed by atoms with van der Waals surface area (Å²) in [5.41, 5.74) is 1.99. The van der Waals surface area contributed by atoms with Gasteiger partial charge in [0.15, 0.2) is 11.5 Å². The Morgan fingerprint density at radius 1 is 0.969 bits per heavy atom. The Hall–Kier alpha value is -3.72. The van der Waals surface area contributed by atoms with E-state index in [1.807, 2.05) is 18.2 Å². The number of carbonyl (C=O) groups is 1. The molecular weight excluding hydrogens is 430 g/mol. The van der Waals surface area contributed by atoms with E-state index in [1.54, 1.807) is 42.5 Å². The van der Waals surface area contributed by atoms with Gasteiger partial charge in [-0.3, -0.25) is 9.10 Å². The summed E-state index contributed by atoms with van der Waals surface area (Å²) in [7, 11) is -2.23. The Labute approximate surface area is 186 Å². The number of fused-ring (bicyclic) bond motifs is 1. The zero-order valence-corrected chi connectivity index (χ0v) is 18.3. The van der Waals surface area contributed by atoms with E-state index in [0.717, 1.165) is 5.56 Å². The fourth-order valence-corrected chi connectivity index (χ4v) is 4.44. The van der Waals surface area contributed by atoms with Crippen molar-refractivity contribution in [2.75, 3.05) is 30.0 Å². The maximum atomic E-state index is 13.0. The van der Waals surface area contributed by atoms with Gasteiger partial charge in [-0.2, -0.15) is 0 Å². The molecule has 0 bridgehead atoms. The van der Waals surface area contributed by atoms with Crippen LogP contribution in [0.25, 0.3) is 0 Å². The van der Waals surface area contributed by atoms with Gasteiger partial charge in [0.1, 0.15) is 0 Å². The third kappa shape index (κ3) is 4.78. The van der Waals surface area contributed by atoms with Crippen molar-refractivity contribution >= 4 is 27.3 Å². The average molecular weight is 454 g/mol. The Morgan fingerprint density at radius 2 is 1.75 bits per heavy atom. The molecule has 0 fully saturated rings. The van der Waals surface area contributed by atoms with Crippen molar-refractivity contribution in [3.05, 3.63) is 78.4 Å². The number of amides is 1. The van der Waals surface area contributed by atoms with Crippen molar-refractivity contribution in [1.82, 2.24) is 5.32 Å². The predicted octanol–water partition coefficient (Wildman–Crippen LogP) is 2.97. The van der Waals surface area contributed by atoms with Gasteiger partial charge in [-0.25, -0.2) is 8.42 Å². The lowest BCUT2D eigenvalue weighted by Crippen LogP contribution is -2.29. The topological polar surface area (TPSA) is 97.0 Å². The molecule has 9 heteroatoms. The molecule has 0 radical (unpaired) electrons. The molecule has 2 N–H and O–H groups in total. The quantitative estimate of drug-likeness (QED) is 0.544. The second-order valence-corrected chi connectivity index (χ2v) is 9.12. The molecular formula is C23H23N3O5S. The Bertz CT molecular complexity index is 1220. The average Bonchev–Trinajstić information content (AvgIpc) is 3.29. The Morgan fingerprint density at radius 3 is 2.56 bits per heavy atom. The van der Waals surface area contributed by atoms with Crippen LogP contribution in [0.2, 0.25) is 0 Å². The number of benzene rings is 3. The van der Waals surface area contributed by atoms with Gasteiger partial charge < -0.3 is 20.1 Å². The molecule has 3 aromatic carbocycles. The molecule has 0 saturated carbocycles. The first-order chi connectivity index (χ1) is 15.4. The van der Waals surface area contributed by atoms with E-state index in [1.165, 1.54) is 23.5 Å². The van der Waals surface area contributed by atoms with Crippen molar-refractivity contribution in [3.8, 4) is 11.5 Å². The van der Waals surface area contributed by atoms with Gasteiger partial charge in [-0.15, -0.1) is 0 Å². The molecule has 4 rings (SSSR count). The van der Waals surface area contributed by atoms with Gasteiger partial charge in [-0.05, 0) is 48.0 Å². The highest BCUT2D eigenvalue weighted by Gasteiger charge is 2.21. The molecule has 1 aliphatic rings. The standard InChI is InChI=1S/C23H23N3O5S/c1-26(19-7-3-2-4-8-19)32(28,29)20-9-5-6-18(13-20)24-15-23(27)25-14-17-10-11-21-22(12-17)31-16-30-21/h2-13,24H,14-16H2,1H3,(H,25,27). The number of anilines is 2. The van der Waals surface area contributed by atoms with E-state index < -0.39 is 10.0 Å². The number of hydrogen-bond acceptors (Lipinski definition) is 6. The van der Waals surface area contributed by atoms with Crippen LogP contribution in [0.5, 0.6) is 11.5 Å². The number of hydrogen-bond donors (Lipinski definition) is 2. The van der Waals surface area contributed by atoms with Gasteiger partial charge in [0.25, 0.3) is 10.0 Å². The van der Waals surface area contributed by atoms with Crippen LogP contribution in [-0.2, 0) is 21.4 Å². The summed E-state index contributed by atoms with van der Waals surface area (Å²) in [6, 6.07) is 20.7. The molecule has 1 amide bonds. The maximum Gasteiger partial charge on any atom is 0.264 e. The van der Waals surface area contributed by atoms with Crippen LogP contribution >= 0.6 is 0 Å². The summed E-state index contributed by atoms with van der Waals surface area (Å²) in [5, 5.41) is 5.79. The Kier molecular flexibility index (Phi) is 6.18. The molecule has 0 aliphatic carbocycles. The van der Waals surface area contributed by atoms with Crippen molar-refractivity contribution in [1.29, 1.82) is 0 Å². The normalized spacial score (nSPS) is 12.3. The molecule has 1 heterocycles. The van der Waals surface area contributed by atoms with Gasteiger partial charge >= 0.3 is 0 Å². The van der Waals surface area contributed by atoms with Crippen molar-refractivity contribution < 1.29 is 22.7 Å². The van der Waals surface area contributed by atoms with E-state index in [2.05, 4.69) is 10.6 Å². The van der Waals surface area contributed by atoms with Gasteiger partial charge in [-0.1, -0.05) is 30.3 Å². The number of rotatable bonds is 8. The number of ether oxygens (including phenoxy) is 2. The molecule has 166 valence electrons. The smallest absolute Gasteiger partial charge is 0.264 e. The summed E-state index contributed by atoms with van der Waals surface area (Å²) in [4.78, 5) is 12.4. The molecule has 0 unspecified atom stereocenters. The minimum Gasteiger partial charge on any atom is -0.454 e. The maximum absolute atomic E-state index is 13.0. The summed E-state index contributed by atoms with van der Waals surface area (Å²) in [6.45, 7) is 0.543. The molecule has 0 saturated heterocycles. The highest BCUT2D eigenvalue weighted by Crippen LogP contribution is 2.32. The van der Waals surface area contributed by atoms with Crippen LogP contribution in [0, 0.1) is 0 Å². The van der Waals surface area contributed by atoms with Gasteiger partial charge in [0, 0.05) is 19.3 Å². The molecule has 32 heavy (non-hydrogen) atoms. The molecule has 3 aromatic rings. The lowest BCUT2D eigenvalue weighted by molar-refractivity contribution is -0.119. The summed E-state index contributed by atoms with van der Waals surface area (Å²) >= 11 is 0. The molecule has 8 nitrogen and oxygen atoms in total. The van der Waals surface area contributed by atoms with Crippen LogP contribution in [0.15, 0.2) is 77.7 Å². The van der Waals surface area contributed by atoms with E-state index in [0.29, 0.717) is 29.4 Å². The fourth-order valence-electron chi connectivity index (χ4n) is 3.20. The molecule has 0 spiro atoms. The lowest BCUT2D eigenvalue weighted by Gasteiger charge is -2.20. The first-order valence-corrected chi connectivity index (χ1v) is 11.4. The second-order valence-electron chi connectivity index (χ2n) is 7.15. The number of carbonyl (C=O) groups excluding carboxylic acids is 1. The number of sulfonamides is 1. The van der Waals surface area contributed by atoms with E-state index >= 15 is 0 Å².